The van der Waals surface area contributed by atoms with Crippen LogP contribution >= 0.6 is 0 Å². The van der Waals surface area contributed by atoms with Gasteiger partial charge in [-0.2, -0.15) is 0 Å². The van der Waals surface area contributed by atoms with E-state index in [0.29, 0.717) is 0 Å². The van der Waals surface area contributed by atoms with Crippen molar-refractivity contribution >= 4 is 32.6 Å². The van der Waals surface area contributed by atoms with Gasteiger partial charge in [0.2, 0.25) is 0 Å². The van der Waals surface area contributed by atoms with Gasteiger partial charge in [-0.3, -0.25) is 0 Å². The highest BCUT2D eigenvalue weighted by molar-refractivity contribution is 6.16. The van der Waals surface area contributed by atoms with E-state index in [1.165, 1.54) is 77.1 Å². The van der Waals surface area contributed by atoms with Gasteiger partial charge in [0.25, 0.3) is 0 Å². The molecule has 0 atom stereocenters. The number of nitrogens with zero attached hydrogens (tertiary/aromatic N) is 1. The van der Waals surface area contributed by atoms with E-state index in [9.17, 15) is 0 Å². The molecule has 0 saturated heterocycles. The summed E-state index contributed by atoms with van der Waals surface area (Å²) in [6.45, 7) is 19.2. The second-order valence-corrected chi connectivity index (χ2v) is 10.8. The Morgan fingerprint density at radius 2 is 0.979 bits per heavy atom. The molecule has 0 amide bonds. The minimum absolute atomic E-state index is 1.00. The van der Waals surface area contributed by atoms with Gasteiger partial charge in [0, 0.05) is 28.4 Å². The fraction of sp³-hybridized carbons (Fsp3) is 0.261. The van der Waals surface area contributed by atoms with E-state index in [-0.39, 0.29) is 0 Å². The van der Waals surface area contributed by atoms with Crippen LogP contribution in [0.1, 0.15) is 84.6 Å². The highest BCUT2D eigenvalue weighted by atomic mass is 15.0. The molecule has 1 aromatic heterocycles. The Hall–Kier alpha value is -4.62. The van der Waals surface area contributed by atoms with Crippen LogP contribution in [0.25, 0.3) is 54.8 Å². The average molecular weight is 620 g/mol. The molecule has 47 heavy (non-hydrogen) atoms. The van der Waals surface area contributed by atoms with Crippen LogP contribution in [-0.4, -0.2) is 4.57 Å². The van der Waals surface area contributed by atoms with Gasteiger partial charge in [-0.15, -0.1) is 0 Å². The zero-order chi connectivity index (χ0) is 33.9. The minimum atomic E-state index is 1.00. The molecular formula is C46H53N. The molecule has 9 rings (SSSR count). The van der Waals surface area contributed by atoms with Crippen molar-refractivity contribution in [3.8, 4) is 22.3 Å². The Bertz CT molecular complexity index is 2060. The van der Waals surface area contributed by atoms with E-state index in [2.05, 4.69) is 133 Å². The summed E-state index contributed by atoms with van der Waals surface area (Å²) in [5.41, 5.74) is 14.2. The number of fused-ring (bicyclic) bond motifs is 11. The standard InChI is InChI=1S/C21H17N.C17H12.4C2H6/c1-2-22-18-10-6-5-9-17(18)21-19(22)12-11-15-13-14-7-3-4-8-16(14)20(15)21;1-2-6-13-11-17-15(9-12(13)5-1)10-14-7-3-4-8-16(14)17;4*1-2/h3-12H,2,13H2,1H3;1-9,11H,10H2;4*1-2H3. The van der Waals surface area contributed by atoms with Crippen LogP contribution in [0, 0.1) is 0 Å². The lowest BCUT2D eigenvalue weighted by Gasteiger charge is -2.06. The normalized spacial score (nSPS) is 11.0. The second kappa shape index (κ2) is 16.8. The maximum absolute atomic E-state index is 2.44. The molecule has 0 fully saturated rings. The van der Waals surface area contributed by atoms with E-state index >= 15 is 0 Å². The Labute approximate surface area is 283 Å². The van der Waals surface area contributed by atoms with Crippen molar-refractivity contribution in [2.75, 3.05) is 0 Å². The molecule has 2 aliphatic rings. The van der Waals surface area contributed by atoms with Crippen LogP contribution in [0.2, 0.25) is 0 Å². The number of para-hydroxylation sites is 1. The molecule has 0 N–H and O–H groups in total. The third-order valence-corrected chi connectivity index (χ3v) is 8.67. The maximum atomic E-state index is 2.44. The SMILES string of the molecule is CC.CC.CC.CC.CCn1c2ccccc2c2c3c(ccc21)Cc1ccccc1-3.c1ccc2c(c1)Cc1cc3ccccc3cc1-2. The number of rotatable bonds is 1. The van der Waals surface area contributed by atoms with E-state index < -0.39 is 0 Å². The van der Waals surface area contributed by atoms with Gasteiger partial charge in [-0.1, -0.05) is 159 Å². The predicted octanol–water partition coefficient (Wildman–Crippen LogP) is 13.9. The lowest BCUT2D eigenvalue weighted by atomic mass is 9.99. The van der Waals surface area contributed by atoms with Crippen LogP contribution in [0.3, 0.4) is 0 Å². The Morgan fingerprint density at radius 3 is 1.66 bits per heavy atom. The molecule has 7 aromatic rings. The van der Waals surface area contributed by atoms with Crippen LogP contribution in [0.4, 0.5) is 0 Å². The Balaban J connectivity index is 0.000000180. The molecule has 1 heterocycles. The van der Waals surface area contributed by atoms with Crippen molar-refractivity contribution < 1.29 is 0 Å². The number of aromatic nitrogens is 1. The summed E-state index contributed by atoms with van der Waals surface area (Å²) in [6, 6.07) is 44.3. The van der Waals surface area contributed by atoms with E-state index in [1.54, 1.807) is 0 Å². The average Bonchev–Trinajstić information content (AvgIpc) is 3.83. The summed E-state index contributed by atoms with van der Waals surface area (Å²) in [4.78, 5) is 0. The first kappa shape index (κ1) is 35.2. The van der Waals surface area contributed by atoms with Gasteiger partial charge in [-0.05, 0) is 93.2 Å². The molecule has 242 valence electrons. The molecule has 2 aliphatic carbocycles. The molecule has 0 spiro atoms. The highest BCUT2D eigenvalue weighted by Gasteiger charge is 2.23. The summed E-state index contributed by atoms with van der Waals surface area (Å²) in [6.07, 6.45) is 2.14. The summed E-state index contributed by atoms with van der Waals surface area (Å²) in [5, 5.41) is 5.50. The fourth-order valence-corrected chi connectivity index (χ4v) is 6.93. The van der Waals surface area contributed by atoms with Crippen LogP contribution < -0.4 is 0 Å². The van der Waals surface area contributed by atoms with Crippen molar-refractivity contribution in [1.29, 1.82) is 0 Å². The number of hydrogen-bond acceptors (Lipinski definition) is 0. The smallest absolute Gasteiger partial charge is 0.0497 e. The topological polar surface area (TPSA) is 4.93 Å². The van der Waals surface area contributed by atoms with Crippen molar-refractivity contribution in [2.24, 2.45) is 0 Å². The first-order valence-electron chi connectivity index (χ1n) is 18.0. The molecule has 0 radical (unpaired) electrons. The predicted molar refractivity (Wildman–Crippen MR) is 211 cm³/mol. The summed E-state index contributed by atoms with van der Waals surface area (Å²) < 4.78 is 2.44. The summed E-state index contributed by atoms with van der Waals surface area (Å²) in [7, 11) is 0. The van der Waals surface area contributed by atoms with Crippen molar-refractivity contribution in [2.45, 2.75) is 81.7 Å². The van der Waals surface area contributed by atoms with Gasteiger partial charge in [0.1, 0.15) is 0 Å². The number of benzene rings is 6. The second-order valence-electron chi connectivity index (χ2n) is 10.8. The quantitative estimate of drug-likeness (QED) is 0.172. The molecule has 1 heteroatoms. The van der Waals surface area contributed by atoms with Crippen molar-refractivity contribution in [1.82, 2.24) is 4.57 Å². The van der Waals surface area contributed by atoms with E-state index in [4.69, 9.17) is 0 Å². The molecule has 0 saturated carbocycles. The monoisotopic (exact) mass is 619 g/mol. The summed E-state index contributed by atoms with van der Waals surface area (Å²) >= 11 is 0. The largest absolute Gasteiger partial charge is 0.341 e. The number of hydrogen-bond donors (Lipinski definition) is 0. The number of aryl methyl sites for hydroxylation is 1. The molecule has 6 aromatic carbocycles. The Kier molecular flexibility index (Phi) is 12.6. The Morgan fingerprint density at radius 1 is 0.447 bits per heavy atom. The summed E-state index contributed by atoms with van der Waals surface area (Å²) in [5.74, 6) is 0. The molecule has 1 nitrogen and oxygen atoms in total. The van der Waals surface area contributed by atoms with Crippen LogP contribution in [0.5, 0.6) is 0 Å². The van der Waals surface area contributed by atoms with Crippen LogP contribution in [0.15, 0.2) is 121 Å². The van der Waals surface area contributed by atoms with Gasteiger partial charge in [0.15, 0.2) is 0 Å². The van der Waals surface area contributed by atoms with Crippen molar-refractivity contribution in [3.05, 3.63) is 144 Å². The van der Waals surface area contributed by atoms with E-state index in [0.717, 1.165) is 19.4 Å². The fourth-order valence-electron chi connectivity index (χ4n) is 6.93. The molecule has 0 aliphatic heterocycles. The van der Waals surface area contributed by atoms with Gasteiger partial charge < -0.3 is 4.57 Å². The van der Waals surface area contributed by atoms with Gasteiger partial charge in [0.05, 0.1) is 0 Å². The molecule has 0 unspecified atom stereocenters. The van der Waals surface area contributed by atoms with Gasteiger partial charge >= 0.3 is 0 Å². The first-order chi connectivity index (χ1) is 23.3. The molecule has 0 bridgehead atoms. The minimum Gasteiger partial charge on any atom is -0.341 e. The van der Waals surface area contributed by atoms with E-state index in [1.807, 2.05) is 55.4 Å². The zero-order valence-corrected chi connectivity index (χ0v) is 30.1. The third-order valence-electron chi connectivity index (χ3n) is 8.67. The maximum Gasteiger partial charge on any atom is 0.0497 e. The van der Waals surface area contributed by atoms with Crippen LogP contribution in [-0.2, 0) is 19.4 Å². The molecular weight excluding hydrogens is 567 g/mol. The lowest BCUT2D eigenvalue weighted by Crippen LogP contribution is -1.93. The first-order valence-corrected chi connectivity index (χ1v) is 18.0. The lowest BCUT2D eigenvalue weighted by molar-refractivity contribution is 0.827. The zero-order valence-electron chi connectivity index (χ0n) is 30.1. The third kappa shape index (κ3) is 6.63. The highest BCUT2D eigenvalue weighted by Crippen LogP contribution is 2.45. The van der Waals surface area contributed by atoms with Crippen molar-refractivity contribution in [3.63, 3.8) is 0 Å². The van der Waals surface area contributed by atoms with Gasteiger partial charge in [-0.25, -0.2) is 0 Å².